The van der Waals surface area contributed by atoms with E-state index in [0.717, 1.165) is 25.1 Å². The first kappa shape index (κ1) is 15.1. The van der Waals surface area contributed by atoms with Crippen LogP contribution in [0.25, 0.3) is 0 Å². The monoisotopic (exact) mass is 301 g/mol. The van der Waals surface area contributed by atoms with Crippen molar-refractivity contribution in [1.82, 2.24) is 5.32 Å². The van der Waals surface area contributed by atoms with Crippen LogP contribution in [0.3, 0.4) is 0 Å². The molecule has 2 atom stereocenters. The molecule has 0 aromatic heterocycles. The Morgan fingerprint density at radius 2 is 2.00 bits per heavy atom. The van der Waals surface area contributed by atoms with Crippen molar-refractivity contribution in [1.29, 1.82) is 0 Å². The SMILES string of the molecule is CC(C)(C)CC1CNCC(c2ccc(Cl)cc2Cl)O1. The summed E-state index contributed by atoms with van der Waals surface area (Å²) in [6.45, 7) is 8.39. The standard InChI is InChI=1S/C15H21Cl2NO/c1-15(2,3)7-11-8-18-9-14(19-11)12-5-4-10(16)6-13(12)17/h4-6,11,14,18H,7-9H2,1-3H3. The fraction of sp³-hybridized carbons (Fsp3) is 0.600. The largest absolute Gasteiger partial charge is 0.368 e. The van der Waals surface area contributed by atoms with Gasteiger partial charge in [-0.15, -0.1) is 0 Å². The zero-order chi connectivity index (χ0) is 14.0. The lowest BCUT2D eigenvalue weighted by Gasteiger charge is -2.35. The van der Waals surface area contributed by atoms with Gasteiger partial charge in [0.25, 0.3) is 0 Å². The Balaban J connectivity index is 2.08. The van der Waals surface area contributed by atoms with Crippen molar-refractivity contribution in [2.24, 2.45) is 5.41 Å². The van der Waals surface area contributed by atoms with Crippen LogP contribution in [0.5, 0.6) is 0 Å². The van der Waals surface area contributed by atoms with Crippen LogP contribution in [0.1, 0.15) is 38.9 Å². The first-order chi connectivity index (χ1) is 8.85. The smallest absolute Gasteiger partial charge is 0.0968 e. The average Bonchev–Trinajstić information content (AvgIpc) is 2.26. The Labute approximate surface area is 125 Å². The summed E-state index contributed by atoms with van der Waals surface area (Å²) in [6.07, 6.45) is 1.26. The molecular weight excluding hydrogens is 281 g/mol. The quantitative estimate of drug-likeness (QED) is 0.871. The van der Waals surface area contributed by atoms with Gasteiger partial charge in [-0.3, -0.25) is 0 Å². The Morgan fingerprint density at radius 3 is 2.63 bits per heavy atom. The molecule has 2 rings (SSSR count). The third kappa shape index (κ3) is 4.35. The third-order valence-corrected chi connectivity index (χ3v) is 3.77. The number of halogens is 2. The highest BCUT2D eigenvalue weighted by molar-refractivity contribution is 6.35. The van der Waals surface area contributed by atoms with E-state index in [4.69, 9.17) is 27.9 Å². The van der Waals surface area contributed by atoms with E-state index >= 15 is 0 Å². The van der Waals surface area contributed by atoms with Gasteiger partial charge in [-0.2, -0.15) is 0 Å². The second-order valence-corrected chi connectivity index (χ2v) is 7.18. The van der Waals surface area contributed by atoms with Crippen molar-refractivity contribution in [2.45, 2.75) is 39.4 Å². The lowest BCUT2D eigenvalue weighted by atomic mass is 9.88. The minimum Gasteiger partial charge on any atom is -0.368 e. The molecular formula is C15H21Cl2NO. The molecule has 0 aliphatic carbocycles. The molecule has 0 spiro atoms. The van der Waals surface area contributed by atoms with Gasteiger partial charge in [-0.1, -0.05) is 50.0 Å². The van der Waals surface area contributed by atoms with E-state index in [-0.39, 0.29) is 17.6 Å². The second kappa shape index (κ2) is 6.01. The molecule has 1 aromatic rings. The minimum absolute atomic E-state index is 0.00543. The summed E-state index contributed by atoms with van der Waals surface area (Å²) in [5.41, 5.74) is 1.27. The third-order valence-electron chi connectivity index (χ3n) is 3.21. The average molecular weight is 302 g/mol. The van der Waals surface area contributed by atoms with Crippen molar-refractivity contribution in [2.75, 3.05) is 13.1 Å². The molecule has 2 unspecified atom stereocenters. The Bertz CT molecular complexity index is 442. The summed E-state index contributed by atoms with van der Waals surface area (Å²) < 4.78 is 6.18. The van der Waals surface area contributed by atoms with Crippen molar-refractivity contribution < 1.29 is 4.74 Å². The molecule has 2 nitrogen and oxygen atoms in total. The molecule has 0 radical (unpaired) electrons. The summed E-state index contributed by atoms with van der Waals surface area (Å²) >= 11 is 12.2. The van der Waals surface area contributed by atoms with Gasteiger partial charge < -0.3 is 10.1 Å². The van der Waals surface area contributed by atoms with Gasteiger partial charge in [0.1, 0.15) is 0 Å². The first-order valence-electron chi connectivity index (χ1n) is 6.66. The molecule has 0 amide bonds. The highest BCUT2D eigenvalue weighted by Gasteiger charge is 2.28. The van der Waals surface area contributed by atoms with Crippen molar-refractivity contribution >= 4 is 23.2 Å². The van der Waals surface area contributed by atoms with E-state index in [1.54, 1.807) is 6.07 Å². The van der Waals surface area contributed by atoms with Crippen LogP contribution in [0.15, 0.2) is 18.2 Å². The van der Waals surface area contributed by atoms with E-state index in [9.17, 15) is 0 Å². The molecule has 1 fully saturated rings. The number of ether oxygens (including phenoxy) is 1. The van der Waals surface area contributed by atoms with Crippen LogP contribution in [-0.2, 0) is 4.74 Å². The number of morpholine rings is 1. The number of nitrogens with one attached hydrogen (secondary N) is 1. The predicted molar refractivity (Wildman–Crippen MR) is 81.0 cm³/mol. The predicted octanol–water partition coefficient (Wildman–Crippen LogP) is 4.46. The minimum atomic E-state index is 0.00543. The maximum absolute atomic E-state index is 6.25. The first-order valence-corrected chi connectivity index (χ1v) is 7.42. The Morgan fingerprint density at radius 1 is 1.26 bits per heavy atom. The zero-order valence-electron chi connectivity index (χ0n) is 11.7. The van der Waals surface area contributed by atoms with Crippen molar-refractivity contribution in [3.05, 3.63) is 33.8 Å². The fourth-order valence-corrected chi connectivity index (χ4v) is 2.98. The summed E-state index contributed by atoms with van der Waals surface area (Å²) in [6, 6.07) is 5.59. The summed E-state index contributed by atoms with van der Waals surface area (Å²) in [7, 11) is 0. The van der Waals surface area contributed by atoms with Gasteiger partial charge in [-0.25, -0.2) is 0 Å². The molecule has 1 heterocycles. The maximum Gasteiger partial charge on any atom is 0.0968 e. The highest BCUT2D eigenvalue weighted by atomic mass is 35.5. The van der Waals surface area contributed by atoms with Gasteiger partial charge in [0.05, 0.1) is 12.2 Å². The normalized spacial score (nSPS) is 24.5. The van der Waals surface area contributed by atoms with Gasteiger partial charge in [0.2, 0.25) is 0 Å². The summed E-state index contributed by atoms with van der Waals surface area (Å²) in [4.78, 5) is 0. The fourth-order valence-electron chi connectivity index (χ4n) is 2.45. The zero-order valence-corrected chi connectivity index (χ0v) is 13.2. The van der Waals surface area contributed by atoms with Crippen LogP contribution in [0, 0.1) is 5.41 Å². The maximum atomic E-state index is 6.25. The molecule has 106 valence electrons. The number of rotatable bonds is 2. The van der Waals surface area contributed by atoms with E-state index in [2.05, 4.69) is 26.1 Å². The van der Waals surface area contributed by atoms with Crippen molar-refractivity contribution in [3.8, 4) is 0 Å². The molecule has 1 aromatic carbocycles. The number of benzene rings is 1. The van der Waals surface area contributed by atoms with Crippen LogP contribution in [0.2, 0.25) is 10.0 Å². The lowest BCUT2D eigenvalue weighted by molar-refractivity contribution is -0.0552. The molecule has 1 saturated heterocycles. The van der Waals surface area contributed by atoms with E-state index < -0.39 is 0 Å². The highest BCUT2D eigenvalue weighted by Crippen LogP contribution is 2.32. The van der Waals surface area contributed by atoms with E-state index in [1.165, 1.54) is 0 Å². The summed E-state index contributed by atoms with van der Waals surface area (Å²) in [5.74, 6) is 0. The van der Waals surface area contributed by atoms with Gasteiger partial charge in [-0.05, 0) is 24.0 Å². The van der Waals surface area contributed by atoms with E-state index in [1.807, 2.05) is 12.1 Å². The van der Waals surface area contributed by atoms with Gasteiger partial charge >= 0.3 is 0 Å². The molecule has 0 saturated carbocycles. The molecule has 4 heteroatoms. The Hall–Kier alpha value is -0.280. The molecule has 1 aliphatic rings. The Kier molecular flexibility index (Phi) is 4.78. The van der Waals surface area contributed by atoms with Crippen LogP contribution < -0.4 is 5.32 Å². The molecule has 1 aliphatic heterocycles. The van der Waals surface area contributed by atoms with Crippen molar-refractivity contribution in [3.63, 3.8) is 0 Å². The van der Waals surface area contributed by atoms with Crippen LogP contribution in [-0.4, -0.2) is 19.2 Å². The molecule has 0 bridgehead atoms. The molecule has 1 N–H and O–H groups in total. The molecule has 19 heavy (non-hydrogen) atoms. The topological polar surface area (TPSA) is 21.3 Å². The van der Waals surface area contributed by atoms with E-state index in [0.29, 0.717) is 10.0 Å². The van der Waals surface area contributed by atoms with Gasteiger partial charge in [0, 0.05) is 28.7 Å². The van der Waals surface area contributed by atoms with Gasteiger partial charge in [0.15, 0.2) is 0 Å². The number of hydrogen-bond donors (Lipinski definition) is 1. The lowest BCUT2D eigenvalue weighted by Crippen LogP contribution is -2.42. The second-order valence-electron chi connectivity index (χ2n) is 6.34. The van der Waals surface area contributed by atoms with Crippen LogP contribution in [0.4, 0.5) is 0 Å². The number of hydrogen-bond acceptors (Lipinski definition) is 2. The summed E-state index contributed by atoms with van der Waals surface area (Å²) in [5, 5.41) is 4.76. The van der Waals surface area contributed by atoms with Crippen LogP contribution >= 0.6 is 23.2 Å².